The first-order valence-corrected chi connectivity index (χ1v) is 7.17. The lowest BCUT2D eigenvalue weighted by molar-refractivity contribution is 0.00152. The normalized spacial score (nSPS) is 25.8. The molecule has 0 aliphatic heterocycles. The maximum Gasteiger partial charge on any atom is 0.0330 e. The van der Waals surface area contributed by atoms with Crippen LogP contribution >= 0.6 is 0 Å². The molecule has 2 rings (SSSR count). The summed E-state index contributed by atoms with van der Waals surface area (Å²) in [6, 6.07) is 0.612. The lowest BCUT2D eigenvalue weighted by atomic mass is 9.74. The lowest BCUT2D eigenvalue weighted by Gasteiger charge is -2.51. The van der Waals surface area contributed by atoms with Crippen molar-refractivity contribution in [1.29, 1.82) is 0 Å². The van der Waals surface area contributed by atoms with Gasteiger partial charge in [0.05, 0.1) is 0 Å². The van der Waals surface area contributed by atoms with Crippen LogP contribution in [0.5, 0.6) is 0 Å². The van der Waals surface area contributed by atoms with Crippen LogP contribution in [0.15, 0.2) is 0 Å². The zero-order valence-corrected chi connectivity index (χ0v) is 11.8. The minimum absolute atomic E-state index is 0.436. The molecule has 2 aliphatic rings. The summed E-state index contributed by atoms with van der Waals surface area (Å²) >= 11 is 0. The van der Waals surface area contributed by atoms with Crippen molar-refractivity contribution < 1.29 is 0 Å². The minimum atomic E-state index is 0.436. The molecule has 0 saturated heterocycles. The molecule has 0 aromatic rings. The fraction of sp³-hybridized carbons (Fsp3) is 1.00. The molecule has 17 heavy (non-hydrogen) atoms. The van der Waals surface area contributed by atoms with Gasteiger partial charge in [-0.05, 0) is 59.2 Å². The Labute approximate surface area is 106 Å². The van der Waals surface area contributed by atoms with Crippen molar-refractivity contribution in [3.05, 3.63) is 0 Å². The zero-order valence-electron chi connectivity index (χ0n) is 11.8. The molecule has 2 saturated carbocycles. The van der Waals surface area contributed by atoms with Crippen LogP contribution in [0.25, 0.3) is 0 Å². The van der Waals surface area contributed by atoms with Crippen molar-refractivity contribution in [1.82, 2.24) is 9.80 Å². The Morgan fingerprint density at radius 3 is 2.12 bits per heavy atom. The van der Waals surface area contributed by atoms with E-state index in [2.05, 4.69) is 30.9 Å². The Balaban J connectivity index is 1.91. The van der Waals surface area contributed by atoms with Crippen LogP contribution in [0.4, 0.5) is 0 Å². The molecule has 100 valence electrons. The minimum Gasteiger partial charge on any atom is -0.329 e. The summed E-state index contributed by atoms with van der Waals surface area (Å²) in [5.74, 6) is 0.865. The molecule has 3 heteroatoms. The fourth-order valence-corrected chi connectivity index (χ4v) is 3.47. The third kappa shape index (κ3) is 2.51. The third-order valence-electron chi connectivity index (χ3n) is 5.28. The van der Waals surface area contributed by atoms with Gasteiger partial charge < -0.3 is 15.5 Å². The van der Waals surface area contributed by atoms with Crippen LogP contribution in [-0.2, 0) is 0 Å². The quantitative estimate of drug-likeness (QED) is 0.763. The monoisotopic (exact) mass is 239 g/mol. The predicted molar refractivity (Wildman–Crippen MR) is 73.1 cm³/mol. The smallest absolute Gasteiger partial charge is 0.0330 e. The third-order valence-corrected chi connectivity index (χ3v) is 5.28. The van der Waals surface area contributed by atoms with Gasteiger partial charge in [-0.3, -0.25) is 0 Å². The van der Waals surface area contributed by atoms with Crippen LogP contribution in [0.3, 0.4) is 0 Å². The summed E-state index contributed by atoms with van der Waals surface area (Å²) in [4.78, 5) is 4.98. The van der Waals surface area contributed by atoms with Gasteiger partial charge in [0.15, 0.2) is 0 Å². The van der Waals surface area contributed by atoms with Gasteiger partial charge >= 0.3 is 0 Å². The van der Waals surface area contributed by atoms with E-state index in [1.54, 1.807) is 0 Å². The number of likely N-dealkylation sites (N-methyl/N-ethyl adjacent to an activating group) is 2. The van der Waals surface area contributed by atoms with Gasteiger partial charge in [-0.2, -0.15) is 0 Å². The van der Waals surface area contributed by atoms with Crippen molar-refractivity contribution in [3.63, 3.8) is 0 Å². The molecule has 0 heterocycles. The number of nitrogens with two attached hydrogens (primary N) is 1. The van der Waals surface area contributed by atoms with E-state index in [1.165, 1.54) is 45.1 Å². The molecule has 1 atom stereocenters. The first kappa shape index (κ1) is 13.3. The summed E-state index contributed by atoms with van der Waals surface area (Å²) < 4.78 is 0. The number of rotatable bonds is 6. The molecule has 3 nitrogen and oxygen atoms in total. The summed E-state index contributed by atoms with van der Waals surface area (Å²) in [5, 5.41) is 0. The maximum atomic E-state index is 5.98. The predicted octanol–water partition coefficient (Wildman–Crippen LogP) is 1.53. The van der Waals surface area contributed by atoms with Crippen LogP contribution in [0.1, 0.15) is 38.5 Å². The summed E-state index contributed by atoms with van der Waals surface area (Å²) in [6.07, 6.45) is 8.29. The molecular formula is C14H29N3. The van der Waals surface area contributed by atoms with Crippen molar-refractivity contribution in [3.8, 4) is 0 Å². The van der Waals surface area contributed by atoms with Gasteiger partial charge in [0.1, 0.15) is 0 Å². The van der Waals surface area contributed by atoms with E-state index in [-0.39, 0.29) is 0 Å². The summed E-state index contributed by atoms with van der Waals surface area (Å²) in [7, 11) is 6.74. The van der Waals surface area contributed by atoms with Gasteiger partial charge in [0.2, 0.25) is 0 Å². The molecule has 0 radical (unpaired) electrons. The summed E-state index contributed by atoms with van der Waals surface area (Å²) in [6.45, 7) is 2.02. The highest BCUT2D eigenvalue weighted by Crippen LogP contribution is 2.38. The maximum absolute atomic E-state index is 5.98. The largest absolute Gasteiger partial charge is 0.329 e. The molecule has 0 aromatic heterocycles. The topological polar surface area (TPSA) is 32.5 Å². The molecule has 0 bridgehead atoms. The van der Waals surface area contributed by atoms with E-state index in [4.69, 9.17) is 5.73 Å². The van der Waals surface area contributed by atoms with Crippen LogP contribution < -0.4 is 5.73 Å². The van der Waals surface area contributed by atoms with E-state index in [0.29, 0.717) is 11.6 Å². The highest BCUT2D eigenvalue weighted by molar-refractivity contribution is 4.99. The van der Waals surface area contributed by atoms with E-state index < -0.39 is 0 Å². The van der Waals surface area contributed by atoms with Crippen LogP contribution in [0, 0.1) is 5.92 Å². The van der Waals surface area contributed by atoms with E-state index in [1.807, 2.05) is 0 Å². The molecule has 0 spiro atoms. The molecule has 2 N–H and O–H groups in total. The van der Waals surface area contributed by atoms with Crippen molar-refractivity contribution in [2.75, 3.05) is 34.2 Å². The standard InChI is InChI=1S/C14H29N3/c1-16(2)14(8-5-9-14)11-17(3)13(10-15)12-6-4-7-12/h12-13H,4-11,15H2,1-3H3. The number of nitrogens with zero attached hydrogens (tertiary/aromatic N) is 2. The van der Waals surface area contributed by atoms with Gasteiger partial charge in [-0.15, -0.1) is 0 Å². The van der Waals surface area contributed by atoms with Crippen molar-refractivity contribution in [2.24, 2.45) is 11.7 Å². The van der Waals surface area contributed by atoms with Crippen LogP contribution in [0.2, 0.25) is 0 Å². The Morgan fingerprint density at radius 1 is 1.18 bits per heavy atom. The Morgan fingerprint density at radius 2 is 1.82 bits per heavy atom. The second kappa shape index (κ2) is 5.25. The second-order valence-corrected chi connectivity index (χ2v) is 6.38. The average Bonchev–Trinajstić information content (AvgIpc) is 2.15. The SMILES string of the molecule is CN(CC1(N(C)C)CCC1)C(CN)C1CCC1. The average molecular weight is 239 g/mol. The van der Waals surface area contributed by atoms with E-state index in [0.717, 1.165) is 12.5 Å². The Bertz CT molecular complexity index is 244. The van der Waals surface area contributed by atoms with Gasteiger partial charge in [0, 0.05) is 24.7 Å². The van der Waals surface area contributed by atoms with E-state index in [9.17, 15) is 0 Å². The molecule has 1 unspecified atom stereocenters. The second-order valence-electron chi connectivity index (χ2n) is 6.38. The van der Waals surface area contributed by atoms with Crippen LogP contribution in [-0.4, -0.2) is 55.6 Å². The summed E-state index contributed by atoms with van der Waals surface area (Å²) in [5.41, 5.74) is 6.42. The van der Waals surface area contributed by atoms with Crippen molar-refractivity contribution in [2.45, 2.75) is 50.1 Å². The highest BCUT2D eigenvalue weighted by Gasteiger charge is 2.41. The highest BCUT2D eigenvalue weighted by atomic mass is 15.2. The number of hydrogen-bond acceptors (Lipinski definition) is 3. The molecule has 0 aromatic carbocycles. The van der Waals surface area contributed by atoms with Gasteiger partial charge in [-0.25, -0.2) is 0 Å². The van der Waals surface area contributed by atoms with Crippen molar-refractivity contribution >= 4 is 0 Å². The van der Waals surface area contributed by atoms with Gasteiger partial charge in [0.25, 0.3) is 0 Å². The zero-order chi connectivity index (χ0) is 12.5. The molecule has 2 fully saturated rings. The molecular weight excluding hydrogens is 210 g/mol. The number of hydrogen-bond donors (Lipinski definition) is 1. The first-order valence-electron chi connectivity index (χ1n) is 7.17. The first-order chi connectivity index (χ1) is 8.09. The molecule has 0 amide bonds. The molecule has 2 aliphatic carbocycles. The lowest BCUT2D eigenvalue weighted by Crippen LogP contribution is -2.60. The Kier molecular flexibility index (Phi) is 4.11. The Hall–Kier alpha value is -0.120. The fourth-order valence-electron chi connectivity index (χ4n) is 3.47. The van der Waals surface area contributed by atoms with Gasteiger partial charge in [-0.1, -0.05) is 6.42 Å². The van der Waals surface area contributed by atoms with E-state index >= 15 is 0 Å².